The standard InChI is InChI=1S/C27H26ClFN6O4S/c1-16-5-7-19(8-6-16)40(37,38)35-14-21(20-10-17(28)12-31-25(20)35)23-30-13-22(29)24(33-23)32-18-4-3-9-27(11-18)15-34(2)26(36)39-27/h5-8,10,12-14,18H,3-4,9,11,15H2,1-2H3,(H,30,32,33)/t18-,27+/m0/s1. The molecule has 3 aromatic heterocycles. The molecule has 208 valence electrons. The number of likely N-dealkylation sites (N-methyl/N-ethyl adjacent to an activating group) is 1. The van der Waals surface area contributed by atoms with Crippen LogP contribution in [0.25, 0.3) is 22.4 Å². The van der Waals surface area contributed by atoms with Crippen molar-refractivity contribution in [3.8, 4) is 11.4 Å². The number of pyridine rings is 1. The molecule has 40 heavy (non-hydrogen) atoms. The Morgan fingerprint density at radius 1 is 1.20 bits per heavy atom. The van der Waals surface area contributed by atoms with Crippen molar-refractivity contribution in [2.45, 2.75) is 49.1 Å². The zero-order chi connectivity index (χ0) is 28.2. The van der Waals surface area contributed by atoms with Gasteiger partial charge in [0.05, 0.1) is 22.7 Å². The summed E-state index contributed by atoms with van der Waals surface area (Å²) in [4.78, 5) is 26.6. The van der Waals surface area contributed by atoms with Gasteiger partial charge in [0, 0.05) is 42.9 Å². The second-order valence-corrected chi connectivity index (χ2v) is 12.7. The van der Waals surface area contributed by atoms with E-state index in [1.807, 2.05) is 6.92 Å². The molecule has 1 saturated heterocycles. The molecule has 0 bridgehead atoms. The molecule has 4 heterocycles. The topological polar surface area (TPSA) is 119 Å². The number of amides is 1. The highest BCUT2D eigenvalue weighted by Gasteiger charge is 2.47. The van der Waals surface area contributed by atoms with E-state index in [4.69, 9.17) is 16.3 Å². The summed E-state index contributed by atoms with van der Waals surface area (Å²) in [6.45, 7) is 2.34. The van der Waals surface area contributed by atoms with Gasteiger partial charge in [-0.15, -0.1) is 0 Å². The Balaban J connectivity index is 1.37. The Morgan fingerprint density at radius 2 is 1.98 bits per heavy atom. The second-order valence-electron chi connectivity index (χ2n) is 10.4. The van der Waals surface area contributed by atoms with Gasteiger partial charge in [0.2, 0.25) is 0 Å². The highest BCUT2D eigenvalue weighted by molar-refractivity contribution is 7.90. The Labute approximate surface area is 235 Å². The minimum Gasteiger partial charge on any atom is -0.441 e. The number of benzene rings is 1. The summed E-state index contributed by atoms with van der Waals surface area (Å²) in [5.74, 6) is -0.577. The second kappa shape index (κ2) is 9.70. The summed E-state index contributed by atoms with van der Waals surface area (Å²) in [7, 11) is -2.33. The molecule has 2 atom stereocenters. The number of anilines is 1. The third kappa shape index (κ3) is 4.64. The van der Waals surface area contributed by atoms with Gasteiger partial charge in [0.15, 0.2) is 23.1 Å². The minimum atomic E-state index is -4.02. The Morgan fingerprint density at radius 3 is 2.70 bits per heavy atom. The van der Waals surface area contributed by atoms with E-state index in [9.17, 15) is 17.6 Å². The van der Waals surface area contributed by atoms with E-state index in [0.29, 0.717) is 28.9 Å². The lowest BCUT2D eigenvalue weighted by Crippen LogP contribution is -2.43. The zero-order valence-corrected chi connectivity index (χ0v) is 23.3. The van der Waals surface area contributed by atoms with Gasteiger partial charge >= 0.3 is 6.09 Å². The van der Waals surface area contributed by atoms with Crippen molar-refractivity contribution in [3.05, 3.63) is 65.3 Å². The van der Waals surface area contributed by atoms with Crippen molar-refractivity contribution >= 4 is 44.6 Å². The molecule has 0 radical (unpaired) electrons. The number of rotatable bonds is 5. The monoisotopic (exact) mass is 584 g/mol. The average Bonchev–Trinajstić information content (AvgIpc) is 3.42. The minimum absolute atomic E-state index is 0.0259. The van der Waals surface area contributed by atoms with Crippen LogP contribution in [-0.2, 0) is 14.8 Å². The number of halogens is 2. The zero-order valence-electron chi connectivity index (χ0n) is 21.8. The molecule has 6 rings (SSSR count). The fourth-order valence-electron chi connectivity index (χ4n) is 5.51. The van der Waals surface area contributed by atoms with Crippen LogP contribution in [0.3, 0.4) is 0 Å². The van der Waals surface area contributed by atoms with E-state index >= 15 is 0 Å². The van der Waals surface area contributed by atoms with Gasteiger partial charge in [-0.25, -0.2) is 36.5 Å². The molecular formula is C27H26ClFN6O4S. The maximum atomic E-state index is 14.9. The van der Waals surface area contributed by atoms with Crippen LogP contribution in [0.1, 0.15) is 31.2 Å². The SMILES string of the molecule is Cc1ccc(S(=O)(=O)n2cc(-c3ncc(F)c(N[C@H]4CCC[C@@]5(C4)CN(C)C(=O)O5)n3)c3cc(Cl)cnc32)cc1. The van der Waals surface area contributed by atoms with Crippen LogP contribution < -0.4 is 5.32 Å². The van der Waals surface area contributed by atoms with Gasteiger partial charge in [0.1, 0.15) is 5.60 Å². The van der Waals surface area contributed by atoms with Gasteiger partial charge in [-0.2, -0.15) is 0 Å². The fourth-order valence-corrected chi connectivity index (χ4v) is 6.99. The van der Waals surface area contributed by atoms with Crippen LogP contribution in [-0.4, -0.2) is 63.6 Å². The smallest absolute Gasteiger partial charge is 0.410 e. The van der Waals surface area contributed by atoms with Crippen LogP contribution in [0.5, 0.6) is 0 Å². The molecule has 0 unspecified atom stereocenters. The van der Waals surface area contributed by atoms with Crippen LogP contribution in [0.2, 0.25) is 5.02 Å². The summed E-state index contributed by atoms with van der Waals surface area (Å²) >= 11 is 6.23. The molecule has 1 aliphatic heterocycles. The van der Waals surface area contributed by atoms with Crippen LogP contribution in [0.15, 0.2) is 53.8 Å². The number of ether oxygens (including phenoxy) is 1. The van der Waals surface area contributed by atoms with Crippen molar-refractivity contribution in [2.24, 2.45) is 0 Å². The molecule has 1 N–H and O–H groups in total. The molecule has 1 spiro atoms. The molecule has 4 aromatic rings. The van der Waals surface area contributed by atoms with E-state index in [0.717, 1.165) is 35.0 Å². The summed E-state index contributed by atoms with van der Waals surface area (Å²) in [6, 6.07) is 7.87. The largest absolute Gasteiger partial charge is 0.441 e. The molecule has 13 heteroatoms. The lowest BCUT2D eigenvalue weighted by atomic mass is 9.81. The van der Waals surface area contributed by atoms with E-state index < -0.39 is 21.4 Å². The van der Waals surface area contributed by atoms with Crippen LogP contribution >= 0.6 is 11.6 Å². The number of aryl methyl sites for hydroxylation is 1. The normalized spacial score (nSPS) is 21.2. The molecule has 1 saturated carbocycles. The van der Waals surface area contributed by atoms with Gasteiger partial charge in [0.25, 0.3) is 10.0 Å². The summed E-state index contributed by atoms with van der Waals surface area (Å²) < 4.78 is 48.8. The van der Waals surface area contributed by atoms with Gasteiger partial charge < -0.3 is 15.0 Å². The molecule has 1 aliphatic carbocycles. The van der Waals surface area contributed by atoms with Crippen molar-refractivity contribution in [1.29, 1.82) is 0 Å². The predicted molar refractivity (Wildman–Crippen MR) is 147 cm³/mol. The summed E-state index contributed by atoms with van der Waals surface area (Å²) in [5, 5.41) is 3.86. The number of hydrogen-bond donors (Lipinski definition) is 1. The lowest BCUT2D eigenvalue weighted by molar-refractivity contribution is 0.0222. The van der Waals surface area contributed by atoms with E-state index in [1.54, 1.807) is 30.1 Å². The lowest BCUT2D eigenvalue weighted by Gasteiger charge is -2.36. The van der Waals surface area contributed by atoms with Crippen LogP contribution in [0.4, 0.5) is 15.0 Å². The van der Waals surface area contributed by atoms with Gasteiger partial charge in [-0.05, 0) is 44.4 Å². The summed E-state index contributed by atoms with van der Waals surface area (Å²) in [6.07, 6.45) is 6.21. The van der Waals surface area contributed by atoms with Crippen molar-refractivity contribution in [1.82, 2.24) is 23.8 Å². The molecule has 2 aliphatic rings. The maximum Gasteiger partial charge on any atom is 0.410 e. The predicted octanol–water partition coefficient (Wildman–Crippen LogP) is 5.01. The number of carbonyl (C=O) groups excluding carboxylic acids is 1. The fraction of sp³-hybridized carbons (Fsp3) is 0.333. The van der Waals surface area contributed by atoms with Crippen molar-refractivity contribution < 1.29 is 22.3 Å². The maximum absolute atomic E-state index is 14.9. The Bertz CT molecular complexity index is 1750. The first-order valence-corrected chi connectivity index (χ1v) is 14.6. The van der Waals surface area contributed by atoms with Gasteiger partial charge in [-0.1, -0.05) is 29.3 Å². The Kier molecular flexibility index (Phi) is 6.42. The third-order valence-corrected chi connectivity index (χ3v) is 9.30. The van der Waals surface area contributed by atoms with Gasteiger partial charge in [-0.3, -0.25) is 0 Å². The van der Waals surface area contributed by atoms with Crippen molar-refractivity contribution in [3.63, 3.8) is 0 Å². The quantitative estimate of drug-likeness (QED) is 0.348. The highest BCUT2D eigenvalue weighted by atomic mass is 35.5. The third-order valence-electron chi connectivity index (χ3n) is 7.43. The number of nitrogens with zero attached hydrogens (tertiary/aromatic N) is 5. The Hall–Kier alpha value is -3.77. The number of fused-ring (bicyclic) bond motifs is 1. The molecule has 1 aromatic carbocycles. The first-order valence-electron chi connectivity index (χ1n) is 12.8. The first-order chi connectivity index (χ1) is 19.0. The van der Waals surface area contributed by atoms with Crippen molar-refractivity contribution in [2.75, 3.05) is 18.9 Å². The average molecular weight is 585 g/mol. The molecule has 10 nitrogen and oxygen atoms in total. The van der Waals surface area contributed by atoms with E-state index in [1.165, 1.54) is 24.5 Å². The number of carbonyl (C=O) groups is 1. The van der Waals surface area contributed by atoms with E-state index in [2.05, 4.69) is 20.3 Å². The molecule has 2 fully saturated rings. The number of aromatic nitrogens is 4. The number of nitrogens with one attached hydrogen (secondary N) is 1. The van der Waals surface area contributed by atoms with Crippen LogP contribution in [0, 0.1) is 12.7 Å². The first kappa shape index (κ1) is 26.5. The molecular weight excluding hydrogens is 559 g/mol. The number of hydrogen-bond acceptors (Lipinski definition) is 8. The molecule has 1 amide bonds. The highest BCUT2D eigenvalue weighted by Crippen LogP contribution is 2.38. The summed E-state index contributed by atoms with van der Waals surface area (Å²) in [5.41, 5.74) is 0.775. The van der Waals surface area contributed by atoms with E-state index in [-0.39, 0.29) is 34.3 Å².